The summed E-state index contributed by atoms with van der Waals surface area (Å²) in [5, 5.41) is 3.54. The van der Waals surface area contributed by atoms with E-state index < -0.39 is 0 Å². The summed E-state index contributed by atoms with van der Waals surface area (Å²) in [6.07, 6.45) is 3.14. The Labute approximate surface area is 41.4 Å². The van der Waals surface area contributed by atoms with Gasteiger partial charge in [0.1, 0.15) is 12.0 Å². The van der Waals surface area contributed by atoms with Crippen LogP contribution in [-0.2, 0) is 0 Å². The van der Waals surface area contributed by atoms with Gasteiger partial charge in [-0.1, -0.05) is 11.7 Å². The van der Waals surface area contributed by atoms with Gasteiger partial charge < -0.3 is 4.52 Å². The third-order valence-electron chi connectivity index (χ3n) is 0.667. The van der Waals surface area contributed by atoms with E-state index in [2.05, 4.69) is 16.3 Å². The predicted molar refractivity (Wildman–Crippen MR) is 26.6 cm³/mol. The maximum Gasteiger partial charge on any atom is 0.124 e. The minimum Gasteiger partial charge on any atom is -0.364 e. The zero-order valence-corrected chi connectivity index (χ0v) is 3.79. The van der Waals surface area contributed by atoms with Crippen LogP contribution in [0.2, 0.25) is 0 Å². The molecule has 1 rings (SSSR count). The molecule has 0 fully saturated rings. The summed E-state index contributed by atoms with van der Waals surface area (Å²) in [6.45, 7) is 3.48. The van der Waals surface area contributed by atoms with Crippen molar-refractivity contribution in [1.29, 1.82) is 0 Å². The topological polar surface area (TPSA) is 26.0 Å². The van der Waals surface area contributed by atoms with E-state index in [0.29, 0.717) is 0 Å². The summed E-state index contributed by atoms with van der Waals surface area (Å²) in [4.78, 5) is 0. The summed E-state index contributed by atoms with van der Waals surface area (Å²) in [6, 6.07) is 1.74. The monoisotopic (exact) mass is 95.0 g/mol. The third kappa shape index (κ3) is 0.682. The molecule has 36 valence electrons. The molecular formula is C5H5NO. The van der Waals surface area contributed by atoms with E-state index in [4.69, 9.17) is 0 Å². The lowest BCUT2D eigenvalue weighted by atomic mass is 10.4. The number of nitrogens with zero attached hydrogens (tertiary/aromatic N) is 1. The van der Waals surface area contributed by atoms with Crippen molar-refractivity contribution in [1.82, 2.24) is 5.16 Å². The second-order valence-corrected chi connectivity index (χ2v) is 1.13. The molecule has 0 bridgehead atoms. The van der Waals surface area contributed by atoms with Gasteiger partial charge in [-0.05, 0) is 6.08 Å². The Morgan fingerprint density at radius 1 is 1.86 bits per heavy atom. The zero-order valence-electron chi connectivity index (χ0n) is 3.79. The Morgan fingerprint density at radius 3 is 3.00 bits per heavy atom. The number of hydrogen-bond acceptors (Lipinski definition) is 2. The van der Waals surface area contributed by atoms with Crippen LogP contribution in [0.1, 0.15) is 5.69 Å². The first-order chi connectivity index (χ1) is 3.43. The molecule has 0 aromatic carbocycles. The molecule has 0 unspecified atom stereocenters. The average Bonchev–Trinajstić information content (AvgIpc) is 2.14. The molecule has 0 radical (unpaired) electrons. The highest BCUT2D eigenvalue weighted by Gasteiger charge is 1.82. The summed E-state index contributed by atoms with van der Waals surface area (Å²) >= 11 is 0. The summed E-state index contributed by atoms with van der Waals surface area (Å²) in [5.74, 6) is 0. The third-order valence-corrected chi connectivity index (χ3v) is 0.667. The van der Waals surface area contributed by atoms with E-state index in [0.717, 1.165) is 5.69 Å². The van der Waals surface area contributed by atoms with Gasteiger partial charge in [-0.15, -0.1) is 0 Å². The van der Waals surface area contributed by atoms with Crippen LogP contribution in [0.25, 0.3) is 6.08 Å². The van der Waals surface area contributed by atoms with Crippen LogP contribution in [0, 0.1) is 0 Å². The van der Waals surface area contributed by atoms with Crippen LogP contribution in [-0.4, -0.2) is 5.16 Å². The Kier molecular flexibility index (Phi) is 0.941. The van der Waals surface area contributed by atoms with Crippen molar-refractivity contribution in [2.75, 3.05) is 0 Å². The van der Waals surface area contributed by atoms with E-state index in [-0.39, 0.29) is 0 Å². The van der Waals surface area contributed by atoms with Crippen LogP contribution in [0.4, 0.5) is 0 Å². The van der Waals surface area contributed by atoms with Gasteiger partial charge in [0.2, 0.25) is 0 Å². The Bertz CT molecular complexity index is 143. The summed E-state index contributed by atoms with van der Waals surface area (Å²) in [7, 11) is 0. The second-order valence-electron chi connectivity index (χ2n) is 1.13. The van der Waals surface area contributed by atoms with Crippen LogP contribution >= 0.6 is 0 Å². The molecule has 2 heteroatoms. The molecule has 2 nitrogen and oxygen atoms in total. The smallest absolute Gasteiger partial charge is 0.124 e. The normalized spacial score (nSPS) is 8.57. The maximum absolute atomic E-state index is 4.48. The molecule has 0 aliphatic rings. The minimum absolute atomic E-state index is 0.778. The van der Waals surface area contributed by atoms with Crippen molar-refractivity contribution in [3.8, 4) is 0 Å². The molecule has 0 atom stereocenters. The first kappa shape index (κ1) is 4.12. The average molecular weight is 95.1 g/mol. The highest BCUT2D eigenvalue weighted by molar-refractivity contribution is 5.38. The molecule has 0 N–H and O–H groups in total. The maximum atomic E-state index is 4.48. The molecule has 0 saturated carbocycles. The van der Waals surface area contributed by atoms with Crippen LogP contribution in [0.5, 0.6) is 0 Å². The highest BCUT2D eigenvalue weighted by atomic mass is 16.5. The Hall–Kier alpha value is -1.05. The zero-order chi connectivity index (χ0) is 5.11. The molecule has 0 saturated heterocycles. The van der Waals surface area contributed by atoms with E-state index in [1.54, 1.807) is 12.1 Å². The fourth-order valence-electron chi connectivity index (χ4n) is 0.327. The minimum atomic E-state index is 0.778. The summed E-state index contributed by atoms with van der Waals surface area (Å²) in [5.41, 5.74) is 0.778. The van der Waals surface area contributed by atoms with Gasteiger partial charge in [-0.2, -0.15) is 0 Å². The summed E-state index contributed by atoms with van der Waals surface area (Å²) < 4.78 is 4.48. The predicted octanol–water partition coefficient (Wildman–Crippen LogP) is 1.32. The van der Waals surface area contributed by atoms with Gasteiger partial charge in [0.25, 0.3) is 0 Å². The Balaban J connectivity index is 2.96. The second kappa shape index (κ2) is 1.60. The van der Waals surface area contributed by atoms with Crippen molar-refractivity contribution >= 4 is 6.08 Å². The van der Waals surface area contributed by atoms with E-state index in [9.17, 15) is 0 Å². The first-order valence-electron chi connectivity index (χ1n) is 1.96. The standard InChI is InChI=1S/C5H5NO/c1-2-5-3-4-7-6-5/h2-4H,1H2. The fourth-order valence-corrected chi connectivity index (χ4v) is 0.327. The molecule has 0 aliphatic heterocycles. The molecule has 1 aromatic rings. The van der Waals surface area contributed by atoms with Crippen molar-refractivity contribution < 1.29 is 4.52 Å². The quantitative estimate of drug-likeness (QED) is 0.525. The largest absolute Gasteiger partial charge is 0.364 e. The molecule has 1 heterocycles. The molecule has 1 aromatic heterocycles. The molecular weight excluding hydrogens is 90.1 g/mol. The van der Waals surface area contributed by atoms with Gasteiger partial charge >= 0.3 is 0 Å². The molecule has 0 aliphatic carbocycles. The fraction of sp³-hybridized carbons (Fsp3) is 0. The number of rotatable bonds is 1. The Morgan fingerprint density at radius 2 is 2.71 bits per heavy atom. The lowest BCUT2D eigenvalue weighted by molar-refractivity contribution is 0.418. The van der Waals surface area contributed by atoms with Gasteiger partial charge in [0.15, 0.2) is 0 Å². The van der Waals surface area contributed by atoms with Gasteiger partial charge in [0.05, 0.1) is 0 Å². The van der Waals surface area contributed by atoms with Crippen LogP contribution in [0.15, 0.2) is 23.4 Å². The van der Waals surface area contributed by atoms with Crippen molar-refractivity contribution in [3.63, 3.8) is 0 Å². The lowest BCUT2D eigenvalue weighted by Gasteiger charge is -1.67. The molecule has 0 spiro atoms. The van der Waals surface area contributed by atoms with E-state index >= 15 is 0 Å². The first-order valence-corrected chi connectivity index (χ1v) is 1.96. The SMILES string of the molecule is C=Cc1ccon1. The van der Waals surface area contributed by atoms with Gasteiger partial charge in [-0.3, -0.25) is 0 Å². The van der Waals surface area contributed by atoms with Crippen molar-refractivity contribution in [2.24, 2.45) is 0 Å². The van der Waals surface area contributed by atoms with E-state index in [1.165, 1.54) is 6.26 Å². The van der Waals surface area contributed by atoms with Crippen molar-refractivity contribution in [2.45, 2.75) is 0 Å². The van der Waals surface area contributed by atoms with Crippen LogP contribution in [0.3, 0.4) is 0 Å². The highest BCUT2D eigenvalue weighted by Crippen LogP contribution is 1.92. The molecule has 0 amide bonds. The molecule has 7 heavy (non-hydrogen) atoms. The van der Waals surface area contributed by atoms with Crippen LogP contribution < -0.4 is 0 Å². The van der Waals surface area contributed by atoms with Gasteiger partial charge in [-0.25, -0.2) is 0 Å². The van der Waals surface area contributed by atoms with E-state index in [1.807, 2.05) is 0 Å². The van der Waals surface area contributed by atoms with Crippen molar-refractivity contribution in [3.05, 3.63) is 24.6 Å². The number of hydrogen-bond donors (Lipinski definition) is 0. The lowest BCUT2D eigenvalue weighted by Crippen LogP contribution is -1.61. The van der Waals surface area contributed by atoms with Gasteiger partial charge in [0, 0.05) is 6.07 Å². The number of aromatic nitrogens is 1.